The SMILES string of the molecule is CCN=C1N[C@@H]2[C@@H](O)[C@H](O)[C@@H](CNC3CC3)O[C@@H]2S1. The predicted octanol–water partition coefficient (Wildman–Crippen LogP) is -0.734. The number of ether oxygens (including phenoxy) is 1. The molecule has 108 valence electrons. The molecule has 0 bridgehead atoms. The van der Waals surface area contributed by atoms with Gasteiger partial charge < -0.3 is 25.6 Å². The maximum Gasteiger partial charge on any atom is 0.159 e. The highest BCUT2D eigenvalue weighted by molar-refractivity contribution is 8.14. The standard InChI is InChI=1S/C12H21N3O3S/c1-2-13-12-15-8-10(17)9(16)7(18-11(8)19-12)5-14-6-3-4-6/h6-11,14,16-17H,2-5H2,1H3,(H,13,15)/t7-,8-,9-,10-,11-/m1/s1. The van der Waals surface area contributed by atoms with Gasteiger partial charge in [0.2, 0.25) is 0 Å². The first kappa shape index (κ1) is 13.6. The van der Waals surface area contributed by atoms with E-state index in [1.165, 1.54) is 24.6 Å². The highest BCUT2D eigenvalue weighted by Crippen LogP contribution is 2.34. The van der Waals surface area contributed by atoms with Crippen molar-refractivity contribution in [2.75, 3.05) is 13.1 Å². The van der Waals surface area contributed by atoms with E-state index in [-0.39, 0.29) is 17.6 Å². The first-order valence-corrected chi connectivity index (χ1v) is 7.79. The maximum atomic E-state index is 10.2. The van der Waals surface area contributed by atoms with Crippen LogP contribution < -0.4 is 10.6 Å². The second-order valence-corrected chi connectivity index (χ2v) is 6.36. The van der Waals surface area contributed by atoms with Gasteiger partial charge >= 0.3 is 0 Å². The number of rotatable bonds is 4. The number of aliphatic imine (C=N–C) groups is 1. The minimum Gasteiger partial charge on any atom is -0.388 e. The average molecular weight is 287 g/mol. The second kappa shape index (κ2) is 5.57. The van der Waals surface area contributed by atoms with E-state index in [1.807, 2.05) is 6.92 Å². The van der Waals surface area contributed by atoms with Crippen LogP contribution in [0.3, 0.4) is 0 Å². The summed E-state index contributed by atoms with van der Waals surface area (Å²) >= 11 is 1.50. The Balaban J connectivity index is 1.62. The van der Waals surface area contributed by atoms with Crippen LogP contribution in [-0.2, 0) is 4.74 Å². The molecule has 0 aromatic carbocycles. The monoisotopic (exact) mass is 287 g/mol. The third kappa shape index (κ3) is 2.90. The Hall–Kier alpha value is -0.340. The van der Waals surface area contributed by atoms with Crippen molar-refractivity contribution in [3.05, 3.63) is 0 Å². The van der Waals surface area contributed by atoms with Crippen LogP contribution in [0.5, 0.6) is 0 Å². The van der Waals surface area contributed by atoms with Crippen LogP contribution in [0.25, 0.3) is 0 Å². The van der Waals surface area contributed by atoms with Crippen molar-refractivity contribution < 1.29 is 14.9 Å². The van der Waals surface area contributed by atoms with Crippen molar-refractivity contribution in [2.45, 2.75) is 55.6 Å². The van der Waals surface area contributed by atoms with Crippen molar-refractivity contribution in [1.29, 1.82) is 0 Å². The second-order valence-electron chi connectivity index (χ2n) is 5.27. The van der Waals surface area contributed by atoms with Gasteiger partial charge in [0, 0.05) is 19.1 Å². The van der Waals surface area contributed by atoms with E-state index in [9.17, 15) is 10.2 Å². The molecule has 1 saturated carbocycles. The number of amidine groups is 1. The Bertz CT molecular complexity index is 364. The zero-order valence-electron chi connectivity index (χ0n) is 11.0. The smallest absolute Gasteiger partial charge is 0.159 e. The molecule has 0 radical (unpaired) electrons. The van der Waals surface area contributed by atoms with Crippen molar-refractivity contribution >= 4 is 16.9 Å². The quantitative estimate of drug-likeness (QED) is 0.545. The first-order chi connectivity index (χ1) is 9.19. The number of fused-ring (bicyclic) bond motifs is 1. The molecule has 0 unspecified atom stereocenters. The molecule has 7 heteroatoms. The van der Waals surface area contributed by atoms with Gasteiger partial charge in [-0.2, -0.15) is 0 Å². The average Bonchev–Trinajstić information content (AvgIpc) is 3.13. The molecule has 3 rings (SSSR count). The largest absolute Gasteiger partial charge is 0.388 e. The lowest BCUT2D eigenvalue weighted by atomic mass is 9.98. The van der Waals surface area contributed by atoms with E-state index >= 15 is 0 Å². The summed E-state index contributed by atoms with van der Waals surface area (Å²) in [6.45, 7) is 3.25. The van der Waals surface area contributed by atoms with Crippen molar-refractivity contribution in [3.63, 3.8) is 0 Å². The Kier molecular flexibility index (Phi) is 4.00. The molecule has 1 aliphatic carbocycles. The summed E-state index contributed by atoms with van der Waals surface area (Å²) in [4.78, 5) is 4.30. The molecule has 2 saturated heterocycles. The summed E-state index contributed by atoms with van der Waals surface area (Å²) in [5, 5.41) is 27.6. The molecule has 2 heterocycles. The Morgan fingerprint density at radius 2 is 2.21 bits per heavy atom. The van der Waals surface area contributed by atoms with Crippen LogP contribution in [0.1, 0.15) is 19.8 Å². The minimum absolute atomic E-state index is 0.172. The summed E-state index contributed by atoms with van der Waals surface area (Å²) in [5.74, 6) is 0. The highest BCUT2D eigenvalue weighted by Gasteiger charge is 2.48. The topological polar surface area (TPSA) is 86.1 Å². The molecular weight excluding hydrogens is 266 g/mol. The number of nitrogens with zero attached hydrogens (tertiary/aromatic N) is 1. The number of hydrogen-bond acceptors (Lipinski definition) is 6. The molecule has 4 N–H and O–H groups in total. The van der Waals surface area contributed by atoms with E-state index in [1.54, 1.807) is 0 Å². The number of aliphatic hydroxyl groups excluding tert-OH is 2. The van der Waals surface area contributed by atoms with E-state index in [0.717, 1.165) is 5.17 Å². The van der Waals surface area contributed by atoms with Crippen LogP contribution in [0.4, 0.5) is 0 Å². The molecular formula is C12H21N3O3S. The molecule has 5 atom stereocenters. The lowest BCUT2D eigenvalue weighted by Crippen LogP contribution is -2.60. The van der Waals surface area contributed by atoms with Crippen LogP contribution in [0, 0.1) is 0 Å². The van der Waals surface area contributed by atoms with Crippen molar-refractivity contribution in [2.24, 2.45) is 4.99 Å². The van der Waals surface area contributed by atoms with Gasteiger partial charge in [-0.15, -0.1) is 0 Å². The molecule has 0 aromatic heterocycles. The fourth-order valence-electron chi connectivity index (χ4n) is 2.44. The molecule has 3 fully saturated rings. The molecule has 19 heavy (non-hydrogen) atoms. The van der Waals surface area contributed by atoms with Gasteiger partial charge in [0.15, 0.2) is 5.17 Å². The minimum atomic E-state index is -0.860. The predicted molar refractivity (Wildman–Crippen MR) is 74.2 cm³/mol. The van der Waals surface area contributed by atoms with Gasteiger partial charge in [-0.3, -0.25) is 4.99 Å². The zero-order valence-corrected chi connectivity index (χ0v) is 11.8. The van der Waals surface area contributed by atoms with E-state index in [2.05, 4.69) is 15.6 Å². The Labute approximate surface area is 117 Å². The van der Waals surface area contributed by atoms with Crippen LogP contribution >= 0.6 is 11.8 Å². The molecule has 0 amide bonds. The number of nitrogens with one attached hydrogen (secondary N) is 2. The van der Waals surface area contributed by atoms with Crippen LogP contribution in [-0.4, -0.2) is 64.3 Å². The van der Waals surface area contributed by atoms with Gasteiger partial charge in [-0.05, 0) is 19.8 Å². The van der Waals surface area contributed by atoms with Crippen molar-refractivity contribution in [3.8, 4) is 0 Å². The Morgan fingerprint density at radius 1 is 1.42 bits per heavy atom. The number of aliphatic hydroxyl groups is 2. The lowest BCUT2D eigenvalue weighted by Gasteiger charge is -2.39. The van der Waals surface area contributed by atoms with Gasteiger partial charge in [0.25, 0.3) is 0 Å². The van der Waals surface area contributed by atoms with Crippen molar-refractivity contribution in [1.82, 2.24) is 10.6 Å². The summed E-state index contributed by atoms with van der Waals surface area (Å²) in [5.41, 5.74) is -0.172. The lowest BCUT2D eigenvalue weighted by molar-refractivity contribution is -0.154. The summed E-state index contributed by atoms with van der Waals surface area (Å²) < 4.78 is 5.89. The fourth-order valence-corrected chi connectivity index (χ4v) is 3.64. The van der Waals surface area contributed by atoms with E-state index < -0.39 is 12.2 Å². The third-order valence-electron chi connectivity index (χ3n) is 3.71. The van der Waals surface area contributed by atoms with E-state index in [0.29, 0.717) is 19.1 Å². The van der Waals surface area contributed by atoms with Gasteiger partial charge in [-0.25, -0.2) is 0 Å². The number of hydrogen-bond donors (Lipinski definition) is 4. The maximum absolute atomic E-state index is 10.2. The van der Waals surface area contributed by atoms with Crippen LogP contribution in [0.15, 0.2) is 4.99 Å². The summed E-state index contributed by atoms with van der Waals surface area (Å²) in [7, 11) is 0. The summed E-state index contributed by atoms with van der Waals surface area (Å²) in [6.07, 6.45) is 0.359. The zero-order chi connectivity index (χ0) is 13.4. The van der Waals surface area contributed by atoms with Gasteiger partial charge in [0.1, 0.15) is 23.7 Å². The molecule has 6 nitrogen and oxygen atoms in total. The third-order valence-corrected chi connectivity index (χ3v) is 4.81. The van der Waals surface area contributed by atoms with Gasteiger partial charge in [-0.1, -0.05) is 11.8 Å². The normalized spacial score (nSPS) is 44.2. The molecule has 0 aromatic rings. The summed E-state index contributed by atoms with van der Waals surface area (Å²) in [6, 6.07) is 0.291. The number of thioether (sulfide) groups is 1. The highest BCUT2D eigenvalue weighted by atomic mass is 32.2. The van der Waals surface area contributed by atoms with Gasteiger partial charge in [0.05, 0.1) is 6.04 Å². The molecule has 0 spiro atoms. The molecule has 2 aliphatic heterocycles. The fraction of sp³-hybridized carbons (Fsp3) is 0.917. The molecule has 3 aliphatic rings. The Morgan fingerprint density at radius 3 is 2.89 bits per heavy atom. The van der Waals surface area contributed by atoms with E-state index in [4.69, 9.17) is 4.74 Å². The first-order valence-electron chi connectivity index (χ1n) is 6.91. The van der Waals surface area contributed by atoms with Crippen LogP contribution in [0.2, 0.25) is 0 Å².